The van der Waals surface area contributed by atoms with E-state index < -0.39 is 0 Å². The molecule has 0 aromatic heterocycles. The van der Waals surface area contributed by atoms with Gasteiger partial charge in [0.05, 0.1) is 6.07 Å². The quantitative estimate of drug-likeness (QED) is 0.816. The fourth-order valence-corrected chi connectivity index (χ4v) is 2.01. The highest BCUT2D eigenvalue weighted by molar-refractivity contribution is 5.47. The van der Waals surface area contributed by atoms with E-state index in [2.05, 4.69) is 17.9 Å². The molecule has 1 heterocycles. The third-order valence-electron chi connectivity index (χ3n) is 3.05. The lowest BCUT2D eigenvalue weighted by atomic mass is 10.1. The van der Waals surface area contributed by atoms with Gasteiger partial charge in [-0.2, -0.15) is 5.26 Å². The molecule has 0 saturated heterocycles. The van der Waals surface area contributed by atoms with Crippen LogP contribution in [0.15, 0.2) is 12.1 Å². The average Bonchev–Trinajstić information content (AvgIpc) is 2.37. The topological polar surface area (TPSA) is 45.5 Å². The summed E-state index contributed by atoms with van der Waals surface area (Å²) >= 11 is 0. The van der Waals surface area contributed by atoms with E-state index in [9.17, 15) is 0 Å². The van der Waals surface area contributed by atoms with E-state index in [0.717, 1.165) is 24.6 Å². The molecule has 0 bridgehead atoms. The lowest BCUT2D eigenvalue weighted by molar-refractivity contribution is 0.171. The molecule has 4 nitrogen and oxygen atoms in total. The molecule has 0 N–H and O–H groups in total. The number of hydrogen-bond acceptors (Lipinski definition) is 4. The first-order chi connectivity index (χ1) is 8.70. The van der Waals surface area contributed by atoms with Crippen molar-refractivity contribution in [1.82, 2.24) is 4.90 Å². The standard InChI is InChI=1S/C14H18N2O2/c1-11-8-13-14(18-7-6-17-13)9-12(11)10-16(2)5-3-4-15/h8-9H,3,5-7,10H2,1-2H3. The van der Waals surface area contributed by atoms with Gasteiger partial charge in [0.25, 0.3) is 0 Å². The molecule has 0 aliphatic carbocycles. The van der Waals surface area contributed by atoms with E-state index in [-0.39, 0.29) is 0 Å². The molecule has 96 valence electrons. The van der Waals surface area contributed by atoms with Crippen LogP contribution in [0.2, 0.25) is 0 Å². The fraction of sp³-hybridized carbons (Fsp3) is 0.500. The van der Waals surface area contributed by atoms with Crippen LogP contribution >= 0.6 is 0 Å². The number of fused-ring (bicyclic) bond motifs is 1. The van der Waals surface area contributed by atoms with Crippen molar-refractivity contribution in [3.8, 4) is 17.6 Å². The summed E-state index contributed by atoms with van der Waals surface area (Å²) < 4.78 is 11.1. The van der Waals surface area contributed by atoms with Gasteiger partial charge < -0.3 is 14.4 Å². The third kappa shape index (κ3) is 2.93. The smallest absolute Gasteiger partial charge is 0.161 e. The molecule has 0 atom stereocenters. The number of nitriles is 1. The van der Waals surface area contributed by atoms with Gasteiger partial charge in [-0.05, 0) is 37.2 Å². The maximum absolute atomic E-state index is 8.58. The molecule has 2 rings (SSSR count). The van der Waals surface area contributed by atoms with Gasteiger partial charge >= 0.3 is 0 Å². The number of benzene rings is 1. The minimum absolute atomic E-state index is 0.556. The zero-order valence-corrected chi connectivity index (χ0v) is 10.9. The summed E-state index contributed by atoms with van der Waals surface area (Å²) in [4.78, 5) is 2.14. The predicted octanol–water partition coefficient (Wildman–Crippen LogP) is 2.11. The second kappa shape index (κ2) is 5.74. The predicted molar refractivity (Wildman–Crippen MR) is 68.7 cm³/mol. The van der Waals surface area contributed by atoms with Crippen LogP contribution in [-0.4, -0.2) is 31.7 Å². The Balaban J connectivity index is 2.11. The molecule has 0 saturated carbocycles. The van der Waals surface area contributed by atoms with Crippen molar-refractivity contribution in [2.75, 3.05) is 26.8 Å². The van der Waals surface area contributed by atoms with Gasteiger partial charge in [-0.15, -0.1) is 0 Å². The Bertz CT molecular complexity index is 466. The molecule has 0 fully saturated rings. The molecule has 18 heavy (non-hydrogen) atoms. The highest BCUT2D eigenvalue weighted by Crippen LogP contribution is 2.33. The number of hydrogen-bond donors (Lipinski definition) is 0. The van der Waals surface area contributed by atoms with Crippen LogP contribution in [0.1, 0.15) is 17.5 Å². The minimum Gasteiger partial charge on any atom is -0.486 e. The van der Waals surface area contributed by atoms with E-state index in [1.165, 1.54) is 11.1 Å². The summed E-state index contributed by atoms with van der Waals surface area (Å²) in [6.45, 7) is 4.91. The lowest BCUT2D eigenvalue weighted by Crippen LogP contribution is -2.20. The van der Waals surface area contributed by atoms with Gasteiger partial charge in [-0.3, -0.25) is 0 Å². The largest absolute Gasteiger partial charge is 0.486 e. The van der Waals surface area contributed by atoms with Crippen LogP contribution in [0.4, 0.5) is 0 Å². The van der Waals surface area contributed by atoms with Gasteiger partial charge in [-0.1, -0.05) is 0 Å². The van der Waals surface area contributed by atoms with Crippen molar-refractivity contribution >= 4 is 0 Å². The first-order valence-electron chi connectivity index (χ1n) is 6.15. The monoisotopic (exact) mass is 246 g/mol. The van der Waals surface area contributed by atoms with Crippen molar-refractivity contribution in [2.24, 2.45) is 0 Å². The van der Waals surface area contributed by atoms with Crippen LogP contribution in [0.3, 0.4) is 0 Å². The number of rotatable bonds is 4. The third-order valence-corrected chi connectivity index (χ3v) is 3.05. The van der Waals surface area contributed by atoms with Gasteiger partial charge in [0.2, 0.25) is 0 Å². The Hall–Kier alpha value is -1.73. The van der Waals surface area contributed by atoms with E-state index in [1.54, 1.807) is 0 Å². The van der Waals surface area contributed by atoms with Gasteiger partial charge in [0.1, 0.15) is 13.2 Å². The zero-order valence-electron chi connectivity index (χ0n) is 10.9. The summed E-state index contributed by atoms with van der Waals surface area (Å²) in [5, 5.41) is 8.58. The Morgan fingerprint density at radius 1 is 1.28 bits per heavy atom. The Morgan fingerprint density at radius 2 is 1.94 bits per heavy atom. The molecular weight excluding hydrogens is 228 g/mol. The van der Waals surface area contributed by atoms with Gasteiger partial charge in [-0.25, -0.2) is 0 Å². The zero-order chi connectivity index (χ0) is 13.0. The maximum atomic E-state index is 8.58. The van der Waals surface area contributed by atoms with Crippen molar-refractivity contribution in [3.05, 3.63) is 23.3 Å². The van der Waals surface area contributed by atoms with Crippen molar-refractivity contribution in [3.63, 3.8) is 0 Å². The molecule has 0 spiro atoms. The summed E-state index contributed by atoms with van der Waals surface area (Å²) in [5.74, 6) is 1.66. The second-order valence-electron chi connectivity index (χ2n) is 4.57. The van der Waals surface area contributed by atoms with E-state index >= 15 is 0 Å². The fourth-order valence-electron chi connectivity index (χ4n) is 2.01. The van der Waals surface area contributed by atoms with Gasteiger partial charge in [0.15, 0.2) is 11.5 Å². The highest BCUT2D eigenvalue weighted by atomic mass is 16.6. The molecule has 1 aromatic carbocycles. The van der Waals surface area contributed by atoms with Crippen LogP contribution < -0.4 is 9.47 Å². The van der Waals surface area contributed by atoms with Crippen molar-refractivity contribution in [1.29, 1.82) is 5.26 Å². The molecule has 0 radical (unpaired) electrons. The Labute approximate surface area is 108 Å². The van der Waals surface area contributed by atoms with Crippen LogP contribution in [0, 0.1) is 18.3 Å². The molecule has 1 aliphatic heterocycles. The van der Waals surface area contributed by atoms with E-state index in [4.69, 9.17) is 14.7 Å². The Kier molecular flexibility index (Phi) is 4.06. The number of nitrogens with zero attached hydrogens (tertiary/aromatic N) is 2. The van der Waals surface area contributed by atoms with Crippen molar-refractivity contribution in [2.45, 2.75) is 19.9 Å². The first kappa shape index (κ1) is 12.7. The summed E-state index contributed by atoms with van der Waals surface area (Å²) in [6.07, 6.45) is 0.556. The first-order valence-corrected chi connectivity index (χ1v) is 6.15. The molecule has 4 heteroatoms. The van der Waals surface area contributed by atoms with Crippen molar-refractivity contribution < 1.29 is 9.47 Å². The molecule has 0 unspecified atom stereocenters. The summed E-state index contributed by atoms with van der Waals surface area (Å²) in [5.41, 5.74) is 2.42. The normalized spacial score (nSPS) is 13.4. The number of aryl methyl sites for hydroxylation is 1. The minimum atomic E-state index is 0.556. The highest BCUT2D eigenvalue weighted by Gasteiger charge is 2.14. The lowest BCUT2D eigenvalue weighted by Gasteiger charge is -2.22. The van der Waals surface area contributed by atoms with Crippen LogP contribution in [0.5, 0.6) is 11.5 Å². The average molecular weight is 246 g/mol. The maximum Gasteiger partial charge on any atom is 0.161 e. The Morgan fingerprint density at radius 3 is 2.61 bits per heavy atom. The molecular formula is C14H18N2O2. The SMILES string of the molecule is Cc1cc2c(cc1CN(C)CCC#N)OCCO2. The summed E-state index contributed by atoms with van der Waals surface area (Å²) in [6, 6.07) is 6.24. The molecule has 1 aromatic rings. The summed E-state index contributed by atoms with van der Waals surface area (Å²) in [7, 11) is 2.02. The second-order valence-corrected chi connectivity index (χ2v) is 4.57. The van der Waals surface area contributed by atoms with Crippen LogP contribution in [-0.2, 0) is 6.54 Å². The number of ether oxygens (including phenoxy) is 2. The van der Waals surface area contributed by atoms with E-state index in [0.29, 0.717) is 19.6 Å². The van der Waals surface area contributed by atoms with E-state index in [1.807, 2.05) is 19.2 Å². The molecule has 0 amide bonds. The molecule has 1 aliphatic rings. The van der Waals surface area contributed by atoms with Gasteiger partial charge in [0, 0.05) is 19.5 Å². The van der Waals surface area contributed by atoms with Crippen LogP contribution in [0.25, 0.3) is 0 Å².